The van der Waals surface area contributed by atoms with Crippen LogP contribution in [-0.2, 0) is 6.18 Å². The Morgan fingerprint density at radius 2 is 1.96 bits per heavy atom. The molecule has 5 nitrogen and oxygen atoms in total. The van der Waals surface area contributed by atoms with Gasteiger partial charge >= 0.3 is 6.18 Å². The van der Waals surface area contributed by atoms with Crippen LogP contribution in [0.1, 0.15) is 11.1 Å². The fourth-order valence-corrected chi connectivity index (χ4v) is 2.03. The minimum absolute atomic E-state index is 0.125. The monoisotopic (exact) mass is 343 g/mol. The lowest BCUT2D eigenvalue weighted by Gasteiger charge is -2.06. The standard InChI is InChI=1S/C14H9ClF3N3O2/c15-10-4-12-11(22-7-23-12)3-8(10)5-20-21-13-2-1-9(6-19-13)14(16,17)18/h1-6H,7H2,(H,19,21)/b20-5-. The van der Waals surface area contributed by atoms with Gasteiger partial charge in [-0.05, 0) is 18.2 Å². The van der Waals surface area contributed by atoms with E-state index in [1.807, 2.05) is 0 Å². The zero-order valence-electron chi connectivity index (χ0n) is 11.4. The maximum absolute atomic E-state index is 12.4. The van der Waals surface area contributed by atoms with Crippen molar-refractivity contribution < 1.29 is 22.6 Å². The predicted octanol–water partition coefficient (Wildman–Crippen LogP) is 3.93. The van der Waals surface area contributed by atoms with E-state index in [1.54, 1.807) is 12.1 Å². The first-order valence-corrected chi connectivity index (χ1v) is 6.73. The molecule has 0 aliphatic carbocycles. The van der Waals surface area contributed by atoms with Gasteiger partial charge < -0.3 is 9.47 Å². The first kappa shape index (κ1) is 15.4. The summed E-state index contributed by atoms with van der Waals surface area (Å²) < 4.78 is 47.7. The van der Waals surface area contributed by atoms with Gasteiger partial charge in [-0.3, -0.25) is 5.43 Å². The van der Waals surface area contributed by atoms with Crippen molar-refractivity contribution in [1.29, 1.82) is 0 Å². The van der Waals surface area contributed by atoms with Crippen LogP contribution in [-0.4, -0.2) is 18.0 Å². The third-order valence-electron chi connectivity index (χ3n) is 2.97. The summed E-state index contributed by atoms with van der Waals surface area (Å²) in [6.45, 7) is 0.125. The highest BCUT2D eigenvalue weighted by Crippen LogP contribution is 2.36. The van der Waals surface area contributed by atoms with E-state index >= 15 is 0 Å². The Hall–Kier alpha value is -2.48. The topological polar surface area (TPSA) is 55.7 Å². The fraction of sp³-hybridized carbons (Fsp3) is 0.143. The Bertz CT molecular complexity index is 748. The Balaban J connectivity index is 1.70. The van der Waals surface area contributed by atoms with Crippen molar-refractivity contribution in [2.24, 2.45) is 5.10 Å². The molecule has 2 heterocycles. The number of nitrogens with zero attached hydrogens (tertiary/aromatic N) is 2. The van der Waals surface area contributed by atoms with Crippen LogP contribution < -0.4 is 14.9 Å². The summed E-state index contributed by atoms with van der Waals surface area (Å²) in [6, 6.07) is 5.34. The summed E-state index contributed by atoms with van der Waals surface area (Å²) in [7, 11) is 0. The number of benzene rings is 1. The number of alkyl halides is 3. The normalized spacial score (nSPS) is 13.6. The largest absolute Gasteiger partial charge is 0.454 e. The van der Waals surface area contributed by atoms with Crippen molar-refractivity contribution in [1.82, 2.24) is 4.98 Å². The smallest absolute Gasteiger partial charge is 0.417 e. The van der Waals surface area contributed by atoms with Crippen molar-refractivity contribution in [3.63, 3.8) is 0 Å². The number of halogens is 4. The molecule has 9 heteroatoms. The summed E-state index contributed by atoms with van der Waals surface area (Å²) in [6.07, 6.45) is -2.29. The van der Waals surface area contributed by atoms with Crippen LogP contribution in [0.3, 0.4) is 0 Å². The Morgan fingerprint density at radius 3 is 2.61 bits per heavy atom. The van der Waals surface area contributed by atoms with E-state index in [-0.39, 0.29) is 12.6 Å². The van der Waals surface area contributed by atoms with Crippen molar-refractivity contribution in [2.75, 3.05) is 12.2 Å². The van der Waals surface area contributed by atoms with Gasteiger partial charge in [-0.15, -0.1) is 0 Å². The molecule has 3 rings (SSSR count). The number of rotatable bonds is 3. The van der Waals surface area contributed by atoms with Crippen LogP contribution in [0, 0.1) is 0 Å². The molecule has 0 bridgehead atoms. The van der Waals surface area contributed by atoms with Crippen molar-refractivity contribution in [2.45, 2.75) is 6.18 Å². The third-order valence-corrected chi connectivity index (χ3v) is 3.29. The molecule has 0 saturated carbocycles. The van der Waals surface area contributed by atoms with Gasteiger partial charge in [0.1, 0.15) is 5.82 Å². The maximum Gasteiger partial charge on any atom is 0.417 e. The molecule has 0 saturated heterocycles. The van der Waals surface area contributed by atoms with E-state index in [2.05, 4.69) is 15.5 Å². The summed E-state index contributed by atoms with van der Waals surface area (Å²) in [5.41, 5.74) is 2.26. The number of nitrogens with one attached hydrogen (secondary N) is 1. The van der Waals surface area contributed by atoms with Crippen LogP contribution in [0.2, 0.25) is 5.02 Å². The highest BCUT2D eigenvalue weighted by atomic mass is 35.5. The zero-order valence-corrected chi connectivity index (χ0v) is 12.1. The lowest BCUT2D eigenvalue weighted by Crippen LogP contribution is -2.05. The van der Waals surface area contributed by atoms with Gasteiger partial charge in [-0.25, -0.2) is 4.98 Å². The lowest BCUT2D eigenvalue weighted by atomic mass is 10.2. The minimum atomic E-state index is -4.42. The molecule has 1 aliphatic rings. The molecule has 0 atom stereocenters. The number of hydrogen-bond donors (Lipinski definition) is 1. The molecule has 1 aromatic heterocycles. The van der Waals surface area contributed by atoms with Crippen molar-refractivity contribution in [3.05, 3.63) is 46.6 Å². The summed E-state index contributed by atoms with van der Waals surface area (Å²) in [5, 5.41) is 4.29. The number of aromatic nitrogens is 1. The molecule has 0 fully saturated rings. The van der Waals surface area contributed by atoms with Gasteiger partial charge in [-0.2, -0.15) is 18.3 Å². The molecular formula is C14H9ClF3N3O2. The van der Waals surface area contributed by atoms with Gasteiger partial charge in [0.15, 0.2) is 11.5 Å². The maximum atomic E-state index is 12.4. The average Bonchev–Trinajstić information content (AvgIpc) is 2.94. The minimum Gasteiger partial charge on any atom is -0.454 e. The highest BCUT2D eigenvalue weighted by molar-refractivity contribution is 6.33. The summed E-state index contributed by atoms with van der Waals surface area (Å²) in [4.78, 5) is 3.63. The van der Waals surface area contributed by atoms with E-state index in [0.717, 1.165) is 12.3 Å². The van der Waals surface area contributed by atoms with E-state index < -0.39 is 11.7 Å². The second kappa shape index (κ2) is 5.96. The van der Waals surface area contributed by atoms with Gasteiger partial charge in [-0.1, -0.05) is 11.6 Å². The van der Waals surface area contributed by atoms with E-state index in [9.17, 15) is 13.2 Å². The second-order valence-electron chi connectivity index (χ2n) is 4.53. The van der Waals surface area contributed by atoms with Gasteiger partial charge in [0.2, 0.25) is 6.79 Å². The number of hydrazone groups is 1. The second-order valence-corrected chi connectivity index (χ2v) is 4.93. The van der Waals surface area contributed by atoms with Gasteiger partial charge in [0.25, 0.3) is 0 Å². The van der Waals surface area contributed by atoms with Crippen molar-refractivity contribution in [3.8, 4) is 11.5 Å². The molecule has 1 N–H and O–H groups in total. The Kier molecular flexibility index (Phi) is 3.99. The molecule has 0 unspecified atom stereocenters. The summed E-state index contributed by atoms with van der Waals surface area (Å²) in [5.74, 6) is 1.26. The highest BCUT2D eigenvalue weighted by Gasteiger charge is 2.30. The van der Waals surface area contributed by atoms with Gasteiger partial charge in [0.05, 0.1) is 16.8 Å². The molecule has 23 heavy (non-hydrogen) atoms. The molecular weight excluding hydrogens is 335 g/mol. The average molecular weight is 344 g/mol. The number of pyridine rings is 1. The van der Waals surface area contributed by atoms with Crippen LogP contribution in [0.4, 0.5) is 19.0 Å². The Morgan fingerprint density at radius 1 is 1.22 bits per heavy atom. The molecule has 0 radical (unpaired) electrons. The van der Waals surface area contributed by atoms with E-state index in [0.29, 0.717) is 22.1 Å². The van der Waals surface area contributed by atoms with Crippen LogP contribution in [0.15, 0.2) is 35.6 Å². The zero-order chi connectivity index (χ0) is 16.4. The number of anilines is 1. The summed E-state index contributed by atoms with van der Waals surface area (Å²) >= 11 is 6.07. The molecule has 2 aromatic rings. The number of hydrogen-bond acceptors (Lipinski definition) is 5. The first-order valence-electron chi connectivity index (χ1n) is 6.35. The van der Waals surface area contributed by atoms with E-state index in [4.69, 9.17) is 21.1 Å². The number of ether oxygens (including phenoxy) is 2. The van der Waals surface area contributed by atoms with Crippen LogP contribution in [0.5, 0.6) is 11.5 Å². The molecule has 1 aromatic carbocycles. The quantitative estimate of drug-likeness (QED) is 0.677. The first-order chi connectivity index (χ1) is 10.9. The van der Waals surface area contributed by atoms with E-state index in [1.165, 1.54) is 12.3 Å². The molecule has 1 aliphatic heterocycles. The van der Waals surface area contributed by atoms with Crippen molar-refractivity contribution >= 4 is 23.6 Å². The lowest BCUT2D eigenvalue weighted by molar-refractivity contribution is -0.137. The van der Waals surface area contributed by atoms with Crippen LogP contribution >= 0.6 is 11.6 Å². The molecule has 0 amide bonds. The van der Waals surface area contributed by atoms with Gasteiger partial charge in [0, 0.05) is 17.8 Å². The Labute approximate surface area is 133 Å². The van der Waals surface area contributed by atoms with Crippen LogP contribution in [0.25, 0.3) is 0 Å². The molecule has 0 spiro atoms. The number of fused-ring (bicyclic) bond motifs is 1. The SMILES string of the molecule is FC(F)(F)c1ccc(N/N=C\c2cc3c(cc2Cl)OCO3)nc1. The predicted molar refractivity (Wildman–Crippen MR) is 78.0 cm³/mol. The fourth-order valence-electron chi connectivity index (χ4n) is 1.83. The third kappa shape index (κ3) is 3.48. The molecule has 120 valence electrons.